The van der Waals surface area contributed by atoms with Crippen LogP contribution in [0.3, 0.4) is 0 Å². The normalized spacial score (nSPS) is 12.6. The van der Waals surface area contributed by atoms with E-state index in [4.69, 9.17) is 15.0 Å². The van der Waals surface area contributed by atoms with Gasteiger partial charge < -0.3 is 15.0 Å². The molecule has 0 saturated carbocycles. The predicted octanol–water partition coefficient (Wildman–Crippen LogP) is 2.54. The van der Waals surface area contributed by atoms with Crippen LogP contribution >= 0.6 is 11.8 Å². The lowest BCUT2D eigenvalue weighted by Gasteiger charge is -2.04. The van der Waals surface area contributed by atoms with Gasteiger partial charge in [0.25, 0.3) is 0 Å². The van der Waals surface area contributed by atoms with Gasteiger partial charge in [0.1, 0.15) is 5.82 Å². The molecule has 0 saturated heterocycles. The number of ether oxygens (including phenoxy) is 1. The van der Waals surface area contributed by atoms with Crippen molar-refractivity contribution in [1.29, 1.82) is 0 Å². The smallest absolute Gasteiger partial charge is 0.243 e. The fraction of sp³-hybridized carbons (Fsp3) is 0.385. The van der Waals surface area contributed by atoms with Crippen molar-refractivity contribution in [2.75, 3.05) is 13.7 Å². The molecular weight excluding hydrogens is 281 g/mol. The number of rotatable bonds is 7. The zero-order chi connectivity index (χ0) is 14.4. The first kappa shape index (κ1) is 15.0. The number of hydrogen-bond acceptors (Lipinski definition) is 6. The van der Waals surface area contributed by atoms with E-state index in [0.29, 0.717) is 35.4 Å². The van der Waals surface area contributed by atoms with Crippen LogP contribution in [0.5, 0.6) is 0 Å². The Kier molecular flexibility index (Phi) is 5.51. The highest BCUT2D eigenvalue weighted by atomic mass is 32.2. The average Bonchev–Trinajstić information content (AvgIpc) is 2.93. The van der Waals surface area contributed by atoms with Gasteiger partial charge in [-0.1, -0.05) is 17.3 Å². The van der Waals surface area contributed by atoms with Crippen molar-refractivity contribution < 1.29 is 13.7 Å². The maximum atomic E-state index is 13.4. The minimum Gasteiger partial charge on any atom is -0.385 e. The quantitative estimate of drug-likeness (QED) is 0.792. The van der Waals surface area contributed by atoms with Gasteiger partial charge in [0, 0.05) is 18.6 Å². The highest BCUT2D eigenvalue weighted by molar-refractivity contribution is 7.98. The maximum absolute atomic E-state index is 13.4. The van der Waals surface area contributed by atoms with E-state index >= 15 is 0 Å². The summed E-state index contributed by atoms with van der Waals surface area (Å²) in [4.78, 5) is 4.76. The molecule has 1 unspecified atom stereocenters. The van der Waals surface area contributed by atoms with Gasteiger partial charge in [-0.15, -0.1) is 11.8 Å². The molecule has 1 atom stereocenters. The molecule has 0 aliphatic rings. The second-order valence-electron chi connectivity index (χ2n) is 4.16. The topological polar surface area (TPSA) is 74.2 Å². The summed E-state index contributed by atoms with van der Waals surface area (Å²) >= 11 is 1.32. The number of methoxy groups -OCH3 is 1. The van der Waals surface area contributed by atoms with Crippen LogP contribution in [-0.2, 0) is 10.5 Å². The van der Waals surface area contributed by atoms with Crippen molar-refractivity contribution >= 4 is 11.8 Å². The van der Waals surface area contributed by atoms with Gasteiger partial charge >= 0.3 is 0 Å². The van der Waals surface area contributed by atoms with Crippen LogP contribution in [0.2, 0.25) is 0 Å². The number of nitrogens with two attached hydrogens (primary N) is 1. The minimum absolute atomic E-state index is 0.252. The average molecular weight is 297 g/mol. The van der Waals surface area contributed by atoms with Crippen molar-refractivity contribution in [2.45, 2.75) is 23.1 Å². The molecule has 0 bridgehead atoms. The molecule has 2 aromatic rings. The number of aromatic nitrogens is 2. The van der Waals surface area contributed by atoms with Crippen molar-refractivity contribution in [1.82, 2.24) is 10.1 Å². The number of halogens is 1. The van der Waals surface area contributed by atoms with Crippen LogP contribution in [0.1, 0.15) is 24.2 Å². The van der Waals surface area contributed by atoms with Gasteiger partial charge in [0.05, 0.1) is 11.8 Å². The summed E-state index contributed by atoms with van der Waals surface area (Å²) in [7, 11) is 1.61. The van der Waals surface area contributed by atoms with E-state index in [9.17, 15) is 4.39 Å². The first-order valence-electron chi connectivity index (χ1n) is 6.15. The Morgan fingerprint density at radius 3 is 3.00 bits per heavy atom. The molecule has 0 radical (unpaired) electrons. The van der Waals surface area contributed by atoms with Gasteiger partial charge in [-0.25, -0.2) is 4.39 Å². The summed E-state index contributed by atoms with van der Waals surface area (Å²) in [6.45, 7) is 0.531. The molecule has 0 fully saturated rings. The third kappa shape index (κ3) is 4.03. The molecule has 2 N–H and O–H groups in total. The molecule has 1 aromatic carbocycles. The number of hydrogen-bond donors (Lipinski definition) is 1. The summed E-state index contributed by atoms with van der Waals surface area (Å²) in [6.07, 6.45) is 0.610. The standard InChI is InChI=1S/C13H16FN3O2S/c1-18-7-6-10(15)13-16-12(17-19-13)8-20-11-5-3-2-4-9(11)14/h2-5,10H,6-8,15H2,1H3. The van der Waals surface area contributed by atoms with Gasteiger partial charge in [0.2, 0.25) is 5.89 Å². The Bertz CT molecular complexity index is 550. The molecule has 2 rings (SSSR count). The summed E-state index contributed by atoms with van der Waals surface area (Å²) in [5.41, 5.74) is 5.88. The van der Waals surface area contributed by atoms with E-state index in [-0.39, 0.29) is 11.9 Å². The molecule has 108 valence electrons. The lowest BCUT2D eigenvalue weighted by Crippen LogP contribution is -2.13. The molecule has 1 aromatic heterocycles. The van der Waals surface area contributed by atoms with E-state index in [1.807, 2.05) is 0 Å². The summed E-state index contributed by atoms with van der Waals surface area (Å²) < 4.78 is 23.5. The second-order valence-corrected chi connectivity index (χ2v) is 5.17. The zero-order valence-corrected chi connectivity index (χ0v) is 11.9. The SMILES string of the molecule is COCCC(N)c1nc(CSc2ccccc2F)no1. The van der Waals surface area contributed by atoms with Crippen molar-refractivity contribution in [3.63, 3.8) is 0 Å². The van der Waals surface area contributed by atoms with Crippen LogP contribution < -0.4 is 5.73 Å². The molecule has 0 spiro atoms. The molecule has 5 nitrogen and oxygen atoms in total. The third-order valence-electron chi connectivity index (χ3n) is 2.63. The Labute approximate surface area is 120 Å². The maximum Gasteiger partial charge on any atom is 0.243 e. The van der Waals surface area contributed by atoms with Crippen molar-refractivity contribution in [2.24, 2.45) is 5.73 Å². The van der Waals surface area contributed by atoms with Crippen LogP contribution in [0, 0.1) is 5.82 Å². The fourth-order valence-corrected chi connectivity index (χ4v) is 2.33. The summed E-state index contributed by atoms with van der Waals surface area (Å²) in [6, 6.07) is 6.24. The molecule has 0 aliphatic carbocycles. The first-order chi connectivity index (χ1) is 9.70. The summed E-state index contributed by atoms with van der Waals surface area (Å²) in [5.74, 6) is 1.06. The van der Waals surface area contributed by atoms with Crippen molar-refractivity contribution in [3.8, 4) is 0 Å². The van der Waals surface area contributed by atoms with Crippen LogP contribution in [-0.4, -0.2) is 23.9 Å². The molecule has 0 amide bonds. The second kappa shape index (κ2) is 7.37. The Morgan fingerprint density at radius 2 is 2.25 bits per heavy atom. The Balaban J connectivity index is 1.91. The van der Waals surface area contributed by atoms with Gasteiger partial charge in [0.15, 0.2) is 5.82 Å². The van der Waals surface area contributed by atoms with Gasteiger partial charge in [-0.05, 0) is 18.6 Å². The van der Waals surface area contributed by atoms with Gasteiger partial charge in [-0.2, -0.15) is 4.98 Å². The highest BCUT2D eigenvalue weighted by Gasteiger charge is 2.15. The molecule has 0 aliphatic heterocycles. The van der Waals surface area contributed by atoms with E-state index < -0.39 is 0 Å². The number of thioether (sulfide) groups is 1. The van der Waals surface area contributed by atoms with Crippen LogP contribution in [0.15, 0.2) is 33.7 Å². The number of nitrogens with zero attached hydrogens (tertiary/aromatic N) is 2. The Morgan fingerprint density at radius 1 is 1.45 bits per heavy atom. The minimum atomic E-state index is -0.338. The lowest BCUT2D eigenvalue weighted by molar-refractivity contribution is 0.182. The number of benzene rings is 1. The third-order valence-corrected chi connectivity index (χ3v) is 3.67. The zero-order valence-electron chi connectivity index (χ0n) is 11.1. The van der Waals surface area contributed by atoms with E-state index in [1.54, 1.807) is 25.3 Å². The lowest BCUT2D eigenvalue weighted by atomic mass is 10.2. The monoisotopic (exact) mass is 297 g/mol. The van der Waals surface area contributed by atoms with Gasteiger partial charge in [-0.3, -0.25) is 0 Å². The van der Waals surface area contributed by atoms with E-state index in [1.165, 1.54) is 17.8 Å². The van der Waals surface area contributed by atoms with Crippen LogP contribution in [0.25, 0.3) is 0 Å². The highest BCUT2D eigenvalue weighted by Crippen LogP contribution is 2.24. The largest absolute Gasteiger partial charge is 0.385 e. The van der Waals surface area contributed by atoms with Crippen LogP contribution in [0.4, 0.5) is 4.39 Å². The van der Waals surface area contributed by atoms with E-state index in [0.717, 1.165) is 0 Å². The molecule has 1 heterocycles. The van der Waals surface area contributed by atoms with E-state index in [2.05, 4.69) is 10.1 Å². The predicted molar refractivity (Wildman–Crippen MR) is 73.7 cm³/mol. The molecular formula is C13H16FN3O2S. The first-order valence-corrected chi connectivity index (χ1v) is 7.13. The molecule has 7 heteroatoms. The van der Waals surface area contributed by atoms with Crippen molar-refractivity contribution in [3.05, 3.63) is 41.8 Å². The Hall–Kier alpha value is -1.44. The summed E-state index contributed by atoms with van der Waals surface area (Å²) in [5, 5.41) is 3.84. The molecule has 20 heavy (non-hydrogen) atoms. The fourth-order valence-electron chi connectivity index (χ4n) is 1.55.